The summed E-state index contributed by atoms with van der Waals surface area (Å²) in [4.78, 5) is 36.3. The van der Waals surface area contributed by atoms with Gasteiger partial charge in [-0.2, -0.15) is 0 Å². The van der Waals surface area contributed by atoms with Crippen molar-refractivity contribution in [3.63, 3.8) is 0 Å². The van der Waals surface area contributed by atoms with Crippen molar-refractivity contribution in [3.8, 4) is 0 Å². The van der Waals surface area contributed by atoms with Crippen LogP contribution >= 0.6 is 11.8 Å². The minimum Gasteiger partial charge on any atom is -0.478 e. The van der Waals surface area contributed by atoms with Crippen molar-refractivity contribution in [2.75, 3.05) is 12.8 Å². The number of rotatable bonds is 6. The quantitative estimate of drug-likeness (QED) is 0.629. The third-order valence-electron chi connectivity index (χ3n) is 3.22. The number of Topliss-reactive ketones (excluding diaryl/α,β-unsaturated/α-hetero) is 1. The number of benzene rings is 2. The largest absolute Gasteiger partial charge is 0.478 e. The highest BCUT2D eigenvalue weighted by Crippen LogP contribution is 2.15. The Morgan fingerprint density at radius 3 is 2.17 bits per heavy atom. The molecule has 0 heterocycles. The topological polar surface area (TPSA) is 83.5 Å². The Morgan fingerprint density at radius 2 is 1.61 bits per heavy atom. The summed E-state index contributed by atoms with van der Waals surface area (Å²) in [5.41, 5.74) is 0.432. The van der Waals surface area contributed by atoms with Crippen molar-refractivity contribution in [3.05, 3.63) is 65.2 Å². The van der Waals surface area contributed by atoms with E-state index >= 15 is 0 Å². The number of hydrogen-bond acceptors (Lipinski definition) is 4. The summed E-state index contributed by atoms with van der Waals surface area (Å²) in [6.45, 7) is -0.189. The predicted octanol–water partition coefficient (Wildman–Crippen LogP) is 2.72. The summed E-state index contributed by atoms with van der Waals surface area (Å²) in [6.07, 6.45) is 1.94. The molecular formula is C17H15NO4S. The molecule has 0 unspecified atom stereocenters. The number of ketones is 1. The predicted molar refractivity (Wildman–Crippen MR) is 88.3 cm³/mol. The van der Waals surface area contributed by atoms with E-state index in [0.29, 0.717) is 5.56 Å². The molecule has 0 radical (unpaired) electrons. The first-order chi connectivity index (χ1) is 11.0. The van der Waals surface area contributed by atoms with Gasteiger partial charge in [0.15, 0.2) is 5.78 Å². The molecule has 118 valence electrons. The van der Waals surface area contributed by atoms with Crippen molar-refractivity contribution in [1.82, 2.24) is 5.32 Å². The molecule has 0 fully saturated rings. The second-order valence-corrected chi connectivity index (χ2v) is 5.56. The number of carbonyl (C=O) groups excluding carboxylic acids is 2. The van der Waals surface area contributed by atoms with Crippen LogP contribution in [-0.2, 0) is 0 Å². The molecular weight excluding hydrogens is 314 g/mol. The molecule has 1 amide bonds. The molecule has 0 saturated carbocycles. The van der Waals surface area contributed by atoms with Crippen LogP contribution in [0.2, 0.25) is 0 Å². The van der Waals surface area contributed by atoms with E-state index in [1.165, 1.54) is 12.1 Å². The van der Waals surface area contributed by atoms with E-state index in [1.807, 2.05) is 18.4 Å². The average molecular weight is 329 g/mol. The highest BCUT2D eigenvalue weighted by molar-refractivity contribution is 7.98. The van der Waals surface area contributed by atoms with E-state index < -0.39 is 11.9 Å². The molecule has 0 aliphatic carbocycles. The summed E-state index contributed by atoms with van der Waals surface area (Å²) >= 11 is 1.57. The molecule has 0 aliphatic heterocycles. The van der Waals surface area contributed by atoms with Crippen LogP contribution < -0.4 is 5.32 Å². The van der Waals surface area contributed by atoms with Gasteiger partial charge in [0, 0.05) is 10.5 Å². The van der Waals surface area contributed by atoms with Gasteiger partial charge >= 0.3 is 5.97 Å². The number of hydrogen-bond donors (Lipinski definition) is 2. The monoisotopic (exact) mass is 329 g/mol. The molecule has 2 aromatic rings. The van der Waals surface area contributed by atoms with Crippen LogP contribution in [0, 0.1) is 0 Å². The van der Waals surface area contributed by atoms with E-state index in [-0.39, 0.29) is 23.5 Å². The van der Waals surface area contributed by atoms with Crippen LogP contribution in [0.3, 0.4) is 0 Å². The van der Waals surface area contributed by atoms with Gasteiger partial charge in [-0.3, -0.25) is 9.59 Å². The van der Waals surface area contributed by atoms with Crippen LogP contribution in [0.1, 0.15) is 31.1 Å². The highest BCUT2D eigenvalue weighted by atomic mass is 32.2. The zero-order valence-corrected chi connectivity index (χ0v) is 13.2. The second kappa shape index (κ2) is 7.60. The minimum atomic E-state index is -1.19. The lowest BCUT2D eigenvalue weighted by molar-refractivity contribution is 0.0691. The standard InChI is InChI=1S/C17H15NO4S/c1-23-12-8-6-11(7-9-12)15(19)10-18-16(20)13-4-2-3-5-14(13)17(21)22/h2-9H,10H2,1H3,(H,18,20)(H,21,22). The molecule has 23 heavy (non-hydrogen) atoms. The minimum absolute atomic E-state index is 0.0329. The number of aromatic carboxylic acids is 1. The molecule has 0 bridgehead atoms. The van der Waals surface area contributed by atoms with Crippen LogP contribution in [0.25, 0.3) is 0 Å². The Hall–Kier alpha value is -2.60. The fraction of sp³-hybridized carbons (Fsp3) is 0.118. The molecule has 0 aromatic heterocycles. The first-order valence-corrected chi connectivity index (χ1v) is 8.03. The van der Waals surface area contributed by atoms with Gasteiger partial charge in [-0.1, -0.05) is 24.3 Å². The van der Waals surface area contributed by atoms with Crippen molar-refractivity contribution in [1.29, 1.82) is 0 Å². The zero-order chi connectivity index (χ0) is 16.8. The van der Waals surface area contributed by atoms with E-state index in [2.05, 4.69) is 5.32 Å². The Bertz CT molecular complexity index is 741. The van der Waals surface area contributed by atoms with Crippen molar-refractivity contribution < 1.29 is 19.5 Å². The summed E-state index contributed by atoms with van der Waals surface area (Å²) in [5, 5.41) is 11.5. The lowest BCUT2D eigenvalue weighted by Crippen LogP contribution is -2.30. The van der Waals surface area contributed by atoms with Crippen LogP contribution in [0.5, 0.6) is 0 Å². The van der Waals surface area contributed by atoms with Gasteiger partial charge < -0.3 is 10.4 Å². The van der Waals surface area contributed by atoms with E-state index in [9.17, 15) is 14.4 Å². The Kier molecular flexibility index (Phi) is 5.54. The van der Waals surface area contributed by atoms with Crippen LogP contribution in [0.4, 0.5) is 0 Å². The van der Waals surface area contributed by atoms with Crippen molar-refractivity contribution in [2.45, 2.75) is 4.90 Å². The Morgan fingerprint density at radius 1 is 1.00 bits per heavy atom. The smallest absolute Gasteiger partial charge is 0.336 e. The Balaban J connectivity index is 2.04. The SMILES string of the molecule is CSc1ccc(C(=O)CNC(=O)c2ccccc2C(=O)O)cc1. The van der Waals surface area contributed by atoms with Gasteiger partial charge in [0.05, 0.1) is 17.7 Å². The fourth-order valence-electron chi connectivity index (χ4n) is 2.00. The number of thioether (sulfide) groups is 1. The number of carboxylic acids is 1. The molecule has 0 saturated heterocycles. The number of carbonyl (C=O) groups is 3. The molecule has 2 aromatic carbocycles. The lowest BCUT2D eigenvalue weighted by atomic mass is 10.1. The lowest BCUT2D eigenvalue weighted by Gasteiger charge is -2.07. The number of amides is 1. The molecule has 0 atom stereocenters. The van der Waals surface area contributed by atoms with Gasteiger partial charge in [0.2, 0.25) is 0 Å². The van der Waals surface area contributed by atoms with Gasteiger partial charge in [-0.25, -0.2) is 4.79 Å². The summed E-state index contributed by atoms with van der Waals surface area (Å²) < 4.78 is 0. The maximum Gasteiger partial charge on any atom is 0.336 e. The first kappa shape index (κ1) is 16.8. The number of nitrogens with one attached hydrogen (secondary N) is 1. The molecule has 2 N–H and O–H groups in total. The van der Waals surface area contributed by atoms with Gasteiger partial charge in [-0.15, -0.1) is 11.8 Å². The second-order valence-electron chi connectivity index (χ2n) is 4.69. The maximum atomic E-state index is 12.1. The van der Waals surface area contributed by atoms with Crippen molar-refractivity contribution >= 4 is 29.4 Å². The van der Waals surface area contributed by atoms with Crippen molar-refractivity contribution in [2.24, 2.45) is 0 Å². The van der Waals surface area contributed by atoms with E-state index in [0.717, 1.165) is 4.90 Å². The fourth-order valence-corrected chi connectivity index (χ4v) is 2.41. The zero-order valence-electron chi connectivity index (χ0n) is 12.4. The molecule has 0 spiro atoms. The van der Waals surface area contributed by atoms with Crippen LogP contribution in [-0.4, -0.2) is 35.6 Å². The third-order valence-corrected chi connectivity index (χ3v) is 3.97. The molecule has 5 nitrogen and oxygen atoms in total. The first-order valence-electron chi connectivity index (χ1n) is 6.80. The normalized spacial score (nSPS) is 10.1. The Labute approximate surface area is 137 Å². The van der Waals surface area contributed by atoms with Gasteiger partial charge in [0.25, 0.3) is 5.91 Å². The third kappa shape index (κ3) is 4.20. The van der Waals surface area contributed by atoms with Gasteiger partial charge in [-0.05, 0) is 30.5 Å². The van der Waals surface area contributed by atoms with E-state index in [1.54, 1.807) is 36.0 Å². The highest BCUT2D eigenvalue weighted by Gasteiger charge is 2.16. The van der Waals surface area contributed by atoms with Gasteiger partial charge in [0.1, 0.15) is 0 Å². The van der Waals surface area contributed by atoms with E-state index in [4.69, 9.17) is 5.11 Å². The molecule has 0 aliphatic rings. The molecule has 2 rings (SSSR count). The van der Waals surface area contributed by atoms with Crippen LogP contribution in [0.15, 0.2) is 53.4 Å². The summed E-state index contributed by atoms with van der Waals surface area (Å²) in [5.74, 6) is -2.01. The maximum absolute atomic E-state index is 12.1. The molecule has 6 heteroatoms. The average Bonchev–Trinajstić information content (AvgIpc) is 2.59. The number of carboxylic acid groups (broad SMARTS) is 1. The summed E-state index contributed by atoms with van der Waals surface area (Å²) in [6, 6.07) is 12.9. The summed E-state index contributed by atoms with van der Waals surface area (Å²) in [7, 11) is 0.